The number of aliphatic hydroxyl groups is 1. The average molecular weight is 312 g/mol. The van der Waals surface area contributed by atoms with Gasteiger partial charge >= 0.3 is 0 Å². The number of aromatic nitrogens is 3. The van der Waals surface area contributed by atoms with E-state index in [4.69, 9.17) is 4.42 Å². The zero-order valence-electron chi connectivity index (χ0n) is 13.2. The summed E-state index contributed by atoms with van der Waals surface area (Å²) in [7, 11) is 1.89. The molecule has 0 fully saturated rings. The normalized spacial score (nSPS) is 13.9. The lowest BCUT2D eigenvalue weighted by Gasteiger charge is -2.21. The van der Waals surface area contributed by atoms with Crippen LogP contribution in [-0.4, -0.2) is 26.4 Å². The molecule has 0 aromatic carbocycles. The lowest BCUT2D eigenvalue weighted by atomic mass is 10.0. The molecule has 0 aliphatic carbocycles. The van der Waals surface area contributed by atoms with Crippen molar-refractivity contribution in [3.05, 3.63) is 60.4 Å². The maximum absolute atomic E-state index is 10.5. The van der Waals surface area contributed by atoms with Crippen molar-refractivity contribution in [3.63, 3.8) is 0 Å². The quantitative estimate of drug-likeness (QED) is 0.729. The van der Waals surface area contributed by atoms with Crippen LogP contribution in [0.4, 0.5) is 0 Å². The van der Waals surface area contributed by atoms with E-state index in [0.29, 0.717) is 18.8 Å². The van der Waals surface area contributed by atoms with Gasteiger partial charge in [-0.05, 0) is 31.2 Å². The van der Waals surface area contributed by atoms with Crippen molar-refractivity contribution in [1.82, 2.24) is 20.1 Å². The maximum atomic E-state index is 10.5. The van der Waals surface area contributed by atoms with Gasteiger partial charge in [-0.15, -0.1) is 0 Å². The molecule has 2 N–H and O–H groups in total. The molecule has 0 saturated heterocycles. The molecule has 120 valence electrons. The largest absolute Gasteiger partial charge is 0.466 e. The highest BCUT2D eigenvalue weighted by molar-refractivity contribution is 5.61. The summed E-state index contributed by atoms with van der Waals surface area (Å²) in [6.07, 6.45) is 7.07. The summed E-state index contributed by atoms with van der Waals surface area (Å²) in [5.74, 6) is 0.545. The van der Waals surface area contributed by atoms with Crippen LogP contribution in [0, 0.1) is 0 Å². The van der Waals surface area contributed by atoms with Crippen molar-refractivity contribution in [2.75, 3.05) is 6.54 Å². The molecule has 3 aromatic rings. The van der Waals surface area contributed by atoms with Gasteiger partial charge in [-0.3, -0.25) is 9.67 Å². The highest BCUT2D eigenvalue weighted by atomic mass is 16.4. The first-order chi connectivity index (χ1) is 11.1. The molecule has 0 radical (unpaired) electrons. The first-order valence-corrected chi connectivity index (χ1v) is 7.46. The average Bonchev–Trinajstić information content (AvgIpc) is 3.18. The Morgan fingerprint density at radius 2 is 2.22 bits per heavy atom. The van der Waals surface area contributed by atoms with E-state index in [0.717, 1.165) is 16.8 Å². The Morgan fingerprint density at radius 3 is 2.91 bits per heavy atom. The minimum atomic E-state index is -1.06. The number of nitrogens with one attached hydrogen (secondary N) is 1. The fraction of sp³-hybridized carbons (Fsp3) is 0.294. The number of rotatable bonds is 6. The molecule has 3 rings (SSSR count). The second kappa shape index (κ2) is 6.36. The molecule has 0 bridgehead atoms. The van der Waals surface area contributed by atoms with E-state index in [1.807, 2.05) is 25.4 Å². The molecule has 0 spiro atoms. The summed E-state index contributed by atoms with van der Waals surface area (Å²) in [5.41, 5.74) is 1.87. The van der Waals surface area contributed by atoms with Crippen LogP contribution in [0.1, 0.15) is 18.2 Å². The lowest BCUT2D eigenvalue weighted by molar-refractivity contribution is 0.0340. The molecule has 3 heterocycles. The Morgan fingerprint density at radius 1 is 1.35 bits per heavy atom. The first kappa shape index (κ1) is 15.5. The van der Waals surface area contributed by atoms with Gasteiger partial charge in [0.25, 0.3) is 0 Å². The van der Waals surface area contributed by atoms with Crippen molar-refractivity contribution < 1.29 is 9.52 Å². The highest BCUT2D eigenvalue weighted by Crippen LogP contribution is 2.22. The van der Waals surface area contributed by atoms with Gasteiger partial charge in [0.1, 0.15) is 11.4 Å². The van der Waals surface area contributed by atoms with Crippen LogP contribution in [0.3, 0.4) is 0 Å². The number of furan rings is 1. The summed E-state index contributed by atoms with van der Waals surface area (Å²) >= 11 is 0. The van der Waals surface area contributed by atoms with Crippen LogP contribution in [0.15, 0.2) is 53.5 Å². The van der Waals surface area contributed by atoms with Gasteiger partial charge in [0.15, 0.2) is 0 Å². The Bertz CT molecular complexity index is 748. The van der Waals surface area contributed by atoms with E-state index in [2.05, 4.69) is 15.4 Å². The van der Waals surface area contributed by atoms with E-state index < -0.39 is 5.60 Å². The molecular formula is C17H20N4O2. The molecule has 1 atom stereocenters. The molecule has 3 aromatic heterocycles. The number of nitrogens with zero attached hydrogens (tertiary/aromatic N) is 3. The second-order valence-electron chi connectivity index (χ2n) is 5.77. The molecule has 23 heavy (non-hydrogen) atoms. The van der Waals surface area contributed by atoms with Crippen LogP contribution in [0.25, 0.3) is 11.3 Å². The van der Waals surface area contributed by atoms with Gasteiger partial charge < -0.3 is 14.8 Å². The Hall–Kier alpha value is -2.44. The number of hydrogen-bond acceptors (Lipinski definition) is 5. The standard InChI is InChI=1S/C17H20N4O2/c1-17(22,15-6-4-8-23-15)12-19-10-14-11-21(2)20-16(14)13-5-3-7-18-9-13/h3-9,11,19,22H,10,12H2,1-2H3. The molecule has 1 unspecified atom stereocenters. The van der Waals surface area contributed by atoms with Gasteiger partial charge in [0, 0.05) is 49.9 Å². The fourth-order valence-corrected chi connectivity index (χ4v) is 2.53. The third-order valence-corrected chi connectivity index (χ3v) is 3.68. The summed E-state index contributed by atoms with van der Waals surface area (Å²) in [6.45, 7) is 2.70. The monoisotopic (exact) mass is 312 g/mol. The maximum Gasteiger partial charge on any atom is 0.136 e. The Balaban J connectivity index is 1.70. The number of aryl methyl sites for hydroxylation is 1. The van der Waals surface area contributed by atoms with Gasteiger partial charge in [-0.1, -0.05) is 0 Å². The van der Waals surface area contributed by atoms with Crippen molar-refractivity contribution in [3.8, 4) is 11.3 Å². The summed E-state index contributed by atoms with van der Waals surface area (Å²) < 4.78 is 7.07. The summed E-state index contributed by atoms with van der Waals surface area (Å²) in [5, 5.41) is 18.2. The first-order valence-electron chi connectivity index (χ1n) is 7.46. The molecule has 0 amide bonds. The van der Waals surface area contributed by atoms with Crippen molar-refractivity contribution in [2.24, 2.45) is 7.05 Å². The van der Waals surface area contributed by atoms with Crippen LogP contribution in [0.5, 0.6) is 0 Å². The number of pyridine rings is 1. The van der Waals surface area contributed by atoms with E-state index in [-0.39, 0.29) is 0 Å². The molecule has 0 aliphatic rings. The third-order valence-electron chi connectivity index (χ3n) is 3.68. The van der Waals surface area contributed by atoms with Gasteiger partial charge in [0.05, 0.1) is 12.0 Å². The zero-order valence-corrected chi connectivity index (χ0v) is 13.2. The SMILES string of the molecule is Cn1cc(CNCC(C)(O)c2ccco2)c(-c2cccnc2)n1. The predicted molar refractivity (Wildman–Crippen MR) is 86.4 cm³/mol. The zero-order chi connectivity index (χ0) is 16.3. The molecule has 0 aliphatic heterocycles. The van der Waals surface area contributed by atoms with Crippen molar-refractivity contribution >= 4 is 0 Å². The van der Waals surface area contributed by atoms with Gasteiger partial charge in [0.2, 0.25) is 0 Å². The molecular weight excluding hydrogens is 292 g/mol. The third kappa shape index (κ3) is 3.49. The van der Waals surface area contributed by atoms with Crippen LogP contribution in [0.2, 0.25) is 0 Å². The van der Waals surface area contributed by atoms with Crippen LogP contribution < -0.4 is 5.32 Å². The lowest BCUT2D eigenvalue weighted by Crippen LogP contribution is -2.34. The number of hydrogen-bond donors (Lipinski definition) is 2. The molecule has 6 nitrogen and oxygen atoms in total. The van der Waals surface area contributed by atoms with Crippen LogP contribution in [-0.2, 0) is 19.2 Å². The summed E-state index contributed by atoms with van der Waals surface area (Å²) in [6, 6.07) is 7.42. The molecule has 6 heteroatoms. The molecule has 0 saturated carbocycles. The Kier molecular flexibility index (Phi) is 4.27. The Labute approximate surface area is 134 Å². The fourth-order valence-electron chi connectivity index (χ4n) is 2.53. The van der Waals surface area contributed by atoms with E-state index in [9.17, 15) is 5.11 Å². The summed E-state index contributed by atoms with van der Waals surface area (Å²) in [4.78, 5) is 4.14. The van der Waals surface area contributed by atoms with Crippen molar-refractivity contribution in [2.45, 2.75) is 19.1 Å². The van der Waals surface area contributed by atoms with E-state index in [1.165, 1.54) is 0 Å². The minimum Gasteiger partial charge on any atom is -0.466 e. The van der Waals surface area contributed by atoms with E-state index in [1.54, 1.807) is 42.4 Å². The van der Waals surface area contributed by atoms with Gasteiger partial charge in [-0.25, -0.2) is 0 Å². The topological polar surface area (TPSA) is 76.1 Å². The second-order valence-corrected chi connectivity index (χ2v) is 5.77. The minimum absolute atomic E-state index is 0.377. The van der Waals surface area contributed by atoms with E-state index >= 15 is 0 Å². The predicted octanol–water partition coefficient (Wildman–Crippen LogP) is 2.07. The smallest absolute Gasteiger partial charge is 0.136 e. The van der Waals surface area contributed by atoms with Crippen molar-refractivity contribution in [1.29, 1.82) is 0 Å². The van der Waals surface area contributed by atoms with Crippen LogP contribution >= 0.6 is 0 Å². The highest BCUT2D eigenvalue weighted by Gasteiger charge is 2.25. The van der Waals surface area contributed by atoms with Gasteiger partial charge in [-0.2, -0.15) is 5.10 Å².